The van der Waals surface area contributed by atoms with Gasteiger partial charge < -0.3 is 19.5 Å². The first kappa shape index (κ1) is 15.3. The summed E-state index contributed by atoms with van der Waals surface area (Å²) >= 11 is 0. The van der Waals surface area contributed by atoms with E-state index < -0.39 is 12.1 Å². The molecule has 0 radical (unpaired) electrons. The largest absolute Gasteiger partial charge is 0.482 e. The molecule has 2 unspecified atom stereocenters. The van der Waals surface area contributed by atoms with Crippen LogP contribution in [0.2, 0.25) is 0 Å². The predicted octanol–water partition coefficient (Wildman–Crippen LogP) is 1.60. The molecular formula is C15H19NO5. The summed E-state index contributed by atoms with van der Waals surface area (Å²) in [4.78, 5) is 23.1. The number of esters is 1. The van der Waals surface area contributed by atoms with E-state index in [1.807, 2.05) is 6.92 Å². The van der Waals surface area contributed by atoms with Gasteiger partial charge in [0, 0.05) is 18.4 Å². The zero-order valence-corrected chi connectivity index (χ0v) is 12.1. The first-order valence-corrected chi connectivity index (χ1v) is 6.82. The van der Waals surface area contributed by atoms with Crippen molar-refractivity contribution in [3.63, 3.8) is 0 Å². The van der Waals surface area contributed by atoms with Crippen LogP contribution in [0.1, 0.15) is 13.3 Å². The SMILES string of the molecule is COC(=O)COc1cccc(NC(=O)C2OCCC2C)c1. The lowest BCUT2D eigenvalue weighted by molar-refractivity contribution is -0.142. The number of carbonyl (C=O) groups excluding carboxylic acids is 2. The smallest absolute Gasteiger partial charge is 0.343 e. The Labute approximate surface area is 123 Å². The van der Waals surface area contributed by atoms with E-state index in [9.17, 15) is 9.59 Å². The molecule has 0 saturated carbocycles. The van der Waals surface area contributed by atoms with Crippen molar-refractivity contribution in [2.45, 2.75) is 19.4 Å². The Kier molecular flexibility index (Phi) is 5.16. The van der Waals surface area contributed by atoms with Crippen molar-refractivity contribution in [3.05, 3.63) is 24.3 Å². The number of nitrogens with one attached hydrogen (secondary N) is 1. The van der Waals surface area contributed by atoms with Gasteiger partial charge in [-0.25, -0.2) is 4.79 Å². The molecule has 0 bridgehead atoms. The minimum atomic E-state index is -0.461. The van der Waals surface area contributed by atoms with Crippen molar-refractivity contribution in [2.75, 3.05) is 25.6 Å². The Morgan fingerprint density at radius 3 is 2.90 bits per heavy atom. The molecule has 1 aromatic rings. The average Bonchev–Trinajstić information content (AvgIpc) is 2.91. The van der Waals surface area contributed by atoms with E-state index in [4.69, 9.17) is 9.47 Å². The zero-order valence-electron chi connectivity index (χ0n) is 12.1. The molecule has 1 fully saturated rings. The molecule has 0 spiro atoms. The lowest BCUT2D eigenvalue weighted by atomic mass is 10.0. The van der Waals surface area contributed by atoms with E-state index in [0.29, 0.717) is 18.0 Å². The number of methoxy groups -OCH3 is 1. The second kappa shape index (κ2) is 7.08. The van der Waals surface area contributed by atoms with Gasteiger partial charge in [0.25, 0.3) is 5.91 Å². The van der Waals surface area contributed by atoms with Crippen LogP contribution in [-0.2, 0) is 19.1 Å². The third-order valence-electron chi connectivity index (χ3n) is 3.33. The minimum Gasteiger partial charge on any atom is -0.482 e. The van der Waals surface area contributed by atoms with Crippen molar-refractivity contribution >= 4 is 17.6 Å². The van der Waals surface area contributed by atoms with Gasteiger partial charge in [0.15, 0.2) is 6.61 Å². The van der Waals surface area contributed by atoms with E-state index in [0.717, 1.165) is 6.42 Å². The summed E-state index contributed by atoms with van der Waals surface area (Å²) in [5.41, 5.74) is 0.602. The molecule has 114 valence electrons. The Morgan fingerprint density at radius 2 is 2.24 bits per heavy atom. The standard InChI is InChI=1S/C15H19NO5/c1-10-6-7-20-14(10)15(18)16-11-4-3-5-12(8-11)21-9-13(17)19-2/h3-5,8,10,14H,6-7,9H2,1-2H3,(H,16,18). The van der Waals surface area contributed by atoms with Crippen LogP contribution in [0.4, 0.5) is 5.69 Å². The van der Waals surface area contributed by atoms with Gasteiger partial charge in [0.2, 0.25) is 0 Å². The minimum absolute atomic E-state index is 0.162. The Hall–Kier alpha value is -2.08. The number of ether oxygens (including phenoxy) is 3. The van der Waals surface area contributed by atoms with Crippen LogP contribution in [0.15, 0.2) is 24.3 Å². The summed E-state index contributed by atoms with van der Waals surface area (Å²) < 4.78 is 15.2. The number of anilines is 1. The van der Waals surface area contributed by atoms with Crippen LogP contribution >= 0.6 is 0 Å². The van der Waals surface area contributed by atoms with Crippen LogP contribution in [0.5, 0.6) is 5.75 Å². The fourth-order valence-corrected chi connectivity index (χ4v) is 2.11. The molecule has 1 aliphatic rings. The van der Waals surface area contributed by atoms with Crippen molar-refractivity contribution in [2.24, 2.45) is 5.92 Å². The quantitative estimate of drug-likeness (QED) is 0.835. The second-order valence-corrected chi connectivity index (χ2v) is 4.94. The van der Waals surface area contributed by atoms with Crippen LogP contribution < -0.4 is 10.1 Å². The maximum atomic E-state index is 12.1. The number of rotatable bonds is 5. The molecule has 6 heteroatoms. The third-order valence-corrected chi connectivity index (χ3v) is 3.33. The van der Waals surface area contributed by atoms with Gasteiger partial charge >= 0.3 is 5.97 Å². The summed E-state index contributed by atoms with van der Waals surface area (Å²) in [6.07, 6.45) is 0.477. The highest BCUT2D eigenvalue weighted by Crippen LogP contribution is 2.23. The number of benzene rings is 1. The highest BCUT2D eigenvalue weighted by Gasteiger charge is 2.30. The topological polar surface area (TPSA) is 73.9 Å². The highest BCUT2D eigenvalue weighted by atomic mass is 16.6. The molecule has 1 heterocycles. The van der Waals surface area contributed by atoms with Crippen LogP contribution in [-0.4, -0.2) is 38.3 Å². The summed E-state index contributed by atoms with van der Waals surface area (Å²) in [6, 6.07) is 6.84. The summed E-state index contributed by atoms with van der Waals surface area (Å²) in [5, 5.41) is 2.80. The molecule has 6 nitrogen and oxygen atoms in total. The fourth-order valence-electron chi connectivity index (χ4n) is 2.11. The normalized spacial score (nSPS) is 20.9. The van der Waals surface area contributed by atoms with Gasteiger partial charge in [0.05, 0.1) is 7.11 Å². The molecule has 1 amide bonds. The van der Waals surface area contributed by atoms with E-state index in [1.54, 1.807) is 24.3 Å². The molecule has 1 N–H and O–H groups in total. The first-order chi connectivity index (χ1) is 10.1. The Bertz CT molecular complexity index is 517. The van der Waals surface area contributed by atoms with Gasteiger partial charge in [-0.3, -0.25) is 4.79 Å². The molecule has 0 aliphatic carbocycles. The fraction of sp³-hybridized carbons (Fsp3) is 0.467. The average molecular weight is 293 g/mol. The molecule has 2 atom stereocenters. The van der Waals surface area contributed by atoms with Crippen molar-refractivity contribution in [3.8, 4) is 5.75 Å². The Morgan fingerprint density at radius 1 is 1.43 bits per heavy atom. The molecule has 2 rings (SSSR count). The molecule has 1 aromatic carbocycles. The Balaban J connectivity index is 1.94. The van der Waals surface area contributed by atoms with Gasteiger partial charge in [-0.05, 0) is 24.5 Å². The predicted molar refractivity (Wildman–Crippen MR) is 76.1 cm³/mol. The maximum Gasteiger partial charge on any atom is 0.343 e. The van der Waals surface area contributed by atoms with E-state index >= 15 is 0 Å². The lowest BCUT2D eigenvalue weighted by Crippen LogP contribution is -2.31. The number of hydrogen-bond acceptors (Lipinski definition) is 5. The van der Waals surface area contributed by atoms with Gasteiger partial charge in [-0.2, -0.15) is 0 Å². The van der Waals surface area contributed by atoms with Crippen molar-refractivity contribution < 1.29 is 23.8 Å². The monoisotopic (exact) mass is 293 g/mol. The molecule has 1 aliphatic heterocycles. The molecule has 21 heavy (non-hydrogen) atoms. The molecular weight excluding hydrogens is 274 g/mol. The lowest BCUT2D eigenvalue weighted by Gasteiger charge is -2.15. The number of amides is 1. The zero-order chi connectivity index (χ0) is 15.2. The van der Waals surface area contributed by atoms with Gasteiger partial charge in [0.1, 0.15) is 11.9 Å². The van der Waals surface area contributed by atoms with E-state index in [-0.39, 0.29) is 18.4 Å². The molecule has 0 aromatic heterocycles. The van der Waals surface area contributed by atoms with Crippen LogP contribution in [0.3, 0.4) is 0 Å². The van der Waals surface area contributed by atoms with Gasteiger partial charge in [-0.1, -0.05) is 13.0 Å². The van der Waals surface area contributed by atoms with Crippen molar-refractivity contribution in [1.29, 1.82) is 0 Å². The van der Waals surface area contributed by atoms with Gasteiger partial charge in [-0.15, -0.1) is 0 Å². The first-order valence-electron chi connectivity index (χ1n) is 6.82. The van der Waals surface area contributed by atoms with E-state index in [1.165, 1.54) is 7.11 Å². The number of carbonyl (C=O) groups is 2. The summed E-state index contributed by atoms with van der Waals surface area (Å²) in [5.74, 6) is 0.0742. The maximum absolute atomic E-state index is 12.1. The van der Waals surface area contributed by atoms with E-state index in [2.05, 4.69) is 10.1 Å². The van der Waals surface area contributed by atoms with Crippen molar-refractivity contribution in [1.82, 2.24) is 0 Å². The number of hydrogen-bond donors (Lipinski definition) is 1. The summed E-state index contributed by atoms with van der Waals surface area (Å²) in [7, 11) is 1.30. The highest BCUT2D eigenvalue weighted by molar-refractivity contribution is 5.94. The second-order valence-electron chi connectivity index (χ2n) is 4.94. The summed E-state index contributed by atoms with van der Waals surface area (Å²) in [6.45, 7) is 2.44. The third kappa shape index (κ3) is 4.19. The van der Waals surface area contributed by atoms with Crippen LogP contribution in [0.25, 0.3) is 0 Å². The van der Waals surface area contributed by atoms with Crippen LogP contribution in [0, 0.1) is 5.92 Å². The molecule has 1 saturated heterocycles.